The lowest BCUT2D eigenvalue weighted by Gasteiger charge is -2.13. The second-order valence-electron chi connectivity index (χ2n) is 4.37. The van der Waals surface area contributed by atoms with Crippen molar-refractivity contribution in [3.05, 3.63) is 59.4 Å². The summed E-state index contributed by atoms with van der Waals surface area (Å²) in [5.74, 6) is -0.212. The van der Waals surface area contributed by atoms with Gasteiger partial charge in [-0.25, -0.2) is 4.39 Å². The number of aryl methyl sites for hydroxylation is 1. The predicted octanol–water partition coefficient (Wildman–Crippen LogP) is 4.31. The highest BCUT2D eigenvalue weighted by atomic mass is 32.2. The Labute approximate surface area is 111 Å². The second-order valence-corrected chi connectivity index (χ2v) is 5.45. The molecule has 0 heterocycles. The van der Waals surface area contributed by atoms with Gasteiger partial charge in [-0.05, 0) is 37.6 Å². The molecular formula is C15H16FNS. The number of hydrogen-bond donors (Lipinski definition) is 1. The number of nitrogens with two attached hydrogens (primary N) is 1. The molecule has 1 atom stereocenters. The van der Waals surface area contributed by atoms with Crippen molar-refractivity contribution in [3.8, 4) is 0 Å². The maximum absolute atomic E-state index is 13.9. The standard InChI is InChI=1S/C15H16FNS/c1-10-5-3-6-12(9-10)18-15-13(11(2)17)7-4-8-14(15)16/h3-9,11H,17H2,1-2H3. The number of hydrogen-bond acceptors (Lipinski definition) is 2. The first-order chi connectivity index (χ1) is 8.58. The first-order valence-corrected chi connectivity index (χ1v) is 6.68. The molecule has 2 aromatic rings. The van der Waals surface area contributed by atoms with Gasteiger partial charge in [0.15, 0.2) is 0 Å². The zero-order valence-corrected chi connectivity index (χ0v) is 11.3. The quantitative estimate of drug-likeness (QED) is 0.891. The number of halogens is 1. The van der Waals surface area contributed by atoms with Crippen LogP contribution in [-0.2, 0) is 0 Å². The van der Waals surface area contributed by atoms with Crippen LogP contribution in [0.3, 0.4) is 0 Å². The molecule has 94 valence electrons. The number of benzene rings is 2. The molecule has 0 aliphatic heterocycles. The third-order valence-electron chi connectivity index (χ3n) is 2.70. The largest absolute Gasteiger partial charge is 0.324 e. The van der Waals surface area contributed by atoms with Crippen molar-refractivity contribution in [1.29, 1.82) is 0 Å². The van der Waals surface area contributed by atoms with E-state index < -0.39 is 0 Å². The van der Waals surface area contributed by atoms with Gasteiger partial charge in [0.1, 0.15) is 5.82 Å². The van der Waals surface area contributed by atoms with E-state index in [-0.39, 0.29) is 11.9 Å². The molecule has 0 saturated carbocycles. The van der Waals surface area contributed by atoms with Gasteiger partial charge in [0, 0.05) is 10.9 Å². The molecule has 0 aromatic heterocycles. The lowest BCUT2D eigenvalue weighted by molar-refractivity contribution is 0.591. The lowest BCUT2D eigenvalue weighted by Crippen LogP contribution is -2.07. The molecule has 1 nitrogen and oxygen atoms in total. The van der Waals surface area contributed by atoms with E-state index in [1.165, 1.54) is 23.4 Å². The average molecular weight is 261 g/mol. The van der Waals surface area contributed by atoms with E-state index in [1.54, 1.807) is 6.07 Å². The van der Waals surface area contributed by atoms with Gasteiger partial charge < -0.3 is 5.73 Å². The zero-order chi connectivity index (χ0) is 13.1. The maximum Gasteiger partial charge on any atom is 0.137 e. The van der Waals surface area contributed by atoms with Crippen LogP contribution in [0.25, 0.3) is 0 Å². The number of rotatable bonds is 3. The van der Waals surface area contributed by atoms with E-state index >= 15 is 0 Å². The molecule has 0 aliphatic carbocycles. The minimum atomic E-state index is -0.212. The van der Waals surface area contributed by atoms with Crippen LogP contribution in [0.2, 0.25) is 0 Å². The molecule has 0 amide bonds. The summed E-state index contributed by atoms with van der Waals surface area (Å²) in [7, 11) is 0. The summed E-state index contributed by atoms with van der Waals surface area (Å²) in [4.78, 5) is 1.65. The van der Waals surface area contributed by atoms with Crippen molar-refractivity contribution in [2.24, 2.45) is 5.73 Å². The summed E-state index contributed by atoms with van der Waals surface area (Å²) in [6.45, 7) is 3.90. The highest BCUT2D eigenvalue weighted by Crippen LogP contribution is 2.35. The third kappa shape index (κ3) is 2.92. The highest BCUT2D eigenvalue weighted by molar-refractivity contribution is 7.99. The summed E-state index contributed by atoms with van der Waals surface area (Å²) in [5.41, 5.74) is 7.90. The monoisotopic (exact) mass is 261 g/mol. The zero-order valence-electron chi connectivity index (χ0n) is 10.5. The van der Waals surface area contributed by atoms with Crippen LogP contribution in [0, 0.1) is 12.7 Å². The molecule has 0 radical (unpaired) electrons. The fraction of sp³-hybridized carbons (Fsp3) is 0.200. The Morgan fingerprint density at radius 1 is 1.17 bits per heavy atom. The van der Waals surface area contributed by atoms with Gasteiger partial charge in [0.25, 0.3) is 0 Å². The topological polar surface area (TPSA) is 26.0 Å². The van der Waals surface area contributed by atoms with Gasteiger partial charge >= 0.3 is 0 Å². The summed E-state index contributed by atoms with van der Waals surface area (Å²) >= 11 is 1.43. The molecule has 2 N–H and O–H groups in total. The van der Waals surface area contributed by atoms with Gasteiger partial charge in [-0.2, -0.15) is 0 Å². The van der Waals surface area contributed by atoms with Gasteiger partial charge in [0.05, 0.1) is 4.90 Å². The molecule has 0 bridgehead atoms. The minimum Gasteiger partial charge on any atom is -0.324 e. The van der Waals surface area contributed by atoms with Gasteiger partial charge in [-0.15, -0.1) is 0 Å². The van der Waals surface area contributed by atoms with Crippen molar-refractivity contribution in [2.45, 2.75) is 29.7 Å². The Bertz CT molecular complexity index is 552. The van der Waals surface area contributed by atoms with Gasteiger partial charge in [-0.3, -0.25) is 0 Å². The Morgan fingerprint density at radius 2 is 1.89 bits per heavy atom. The van der Waals surface area contributed by atoms with E-state index in [4.69, 9.17) is 5.73 Å². The molecule has 2 rings (SSSR count). The molecular weight excluding hydrogens is 245 g/mol. The van der Waals surface area contributed by atoms with Crippen LogP contribution in [0.5, 0.6) is 0 Å². The van der Waals surface area contributed by atoms with Crippen molar-refractivity contribution < 1.29 is 4.39 Å². The van der Waals surface area contributed by atoms with Crippen molar-refractivity contribution in [3.63, 3.8) is 0 Å². The Hall–Kier alpha value is -1.32. The SMILES string of the molecule is Cc1cccc(Sc2c(F)cccc2C(C)N)c1. The summed E-state index contributed by atoms with van der Waals surface area (Å²) in [5, 5.41) is 0. The smallest absolute Gasteiger partial charge is 0.137 e. The summed E-state index contributed by atoms with van der Waals surface area (Å²) in [6, 6.07) is 12.9. The van der Waals surface area contributed by atoms with Crippen molar-refractivity contribution >= 4 is 11.8 Å². The summed E-state index contributed by atoms with van der Waals surface area (Å²) < 4.78 is 13.9. The van der Waals surface area contributed by atoms with Gasteiger partial charge in [0.2, 0.25) is 0 Å². The van der Waals surface area contributed by atoms with Crippen LogP contribution in [0.4, 0.5) is 4.39 Å². The van der Waals surface area contributed by atoms with E-state index in [2.05, 4.69) is 0 Å². The van der Waals surface area contributed by atoms with Gasteiger partial charge in [-0.1, -0.05) is 41.6 Å². The van der Waals surface area contributed by atoms with Crippen molar-refractivity contribution in [1.82, 2.24) is 0 Å². The third-order valence-corrected chi connectivity index (χ3v) is 3.82. The van der Waals surface area contributed by atoms with Crippen LogP contribution < -0.4 is 5.73 Å². The van der Waals surface area contributed by atoms with Crippen LogP contribution in [-0.4, -0.2) is 0 Å². The highest BCUT2D eigenvalue weighted by Gasteiger charge is 2.12. The minimum absolute atomic E-state index is 0.173. The van der Waals surface area contributed by atoms with Crippen molar-refractivity contribution in [2.75, 3.05) is 0 Å². The maximum atomic E-state index is 13.9. The molecule has 18 heavy (non-hydrogen) atoms. The molecule has 1 unspecified atom stereocenters. The fourth-order valence-electron chi connectivity index (χ4n) is 1.79. The Morgan fingerprint density at radius 3 is 2.56 bits per heavy atom. The first-order valence-electron chi connectivity index (χ1n) is 5.86. The van der Waals surface area contributed by atoms with E-state index in [0.29, 0.717) is 4.90 Å². The van der Waals surface area contributed by atoms with Crippen LogP contribution >= 0.6 is 11.8 Å². The molecule has 2 aromatic carbocycles. The Balaban J connectivity index is 2.39. The van der Waals surface area contributed by atoms with E-state index in [9.17, 15) is 4.39 Å². The van der Waals surface area contributed by atoms with E-state index in [1.807, 2.05) is 44.2 Å². The molecule has 0 saturated heterocycles. The Kier molecular flexibility index (Phi) is 4.04. The normalized spacial score (nSPS) is 12.4. The van der Waals surface area contributed by atoms with E-state index in [0.717, 1.165) is 10.5 Å². The average Bonchev–Trinajstić information content (AvgIpc) is 2.31. The summed E-state index contributed by atoms with van der Waals surface area (Å²) in [6.07, 6.45) is 0. The first kappa shape index (κ1) is 13.1. The predicted molar refractivity (Wildman–Crippen MR) is 74.3 cm³/mol. The molecule has 0 aliphatic rings. The van der Waals surface area contributed by atoms with Crippen LogP contribution in [0.1, 0.15) is 24.1 Å². The molecule has 0 fully saturated rings. The lowest BCUT2D eigenvalue weighted by atomic mass is 10.1. The van der Waals surface area contributed by atoms with Crippen LogP contribution in [0.15, 0.2) is 52.3 Å². The second kappa shape index (κ2) is 5.55. The molecule has 0 spiro atoms. The fourth-order valence-corrected chi connectivity index (χ4v) is 2.95. The molecule has 3 heteroatoms.